The number of rotatable bonds is 3. The Morgan fingerprint density at radius 2 is 2.06 bits per heavy atom. The molecule has 2 aromatic rings. The molecule has 2 rings (SSSR count). The average molecular weight is 281 g/mol. The van der Waals surface area contributed by atoms with Crippen LogP contribution in [0.15, 0.2) is 34.9 Å². The van der Waals surface area contributed by atoms with Gasteiger partial charge in [0.25, 0.3) is 5.91 Å². The highest BCUT2D eigenvalue weighted by Gasteiger charge is 2.10. The second-order valence-corrected chi connectivity index (χ2v) is 4.06. The molecule has 0 saturated carbocycles. The molecular formula is C10H9BrN4O. The Balaban J connectivity index is 2.23. The Labute approximate surface area is 100 Å². The van der Waals surface area contributed by atoms with Crippen molar-refractivity contribution in [1.82, 2.24) is 10.2 Å². The molecule has 1 heterocycles. The molecule has 0 unspecified atom stereocenters. The third-order valence-corrected chi connectivity index (χ3v) is 2.54. The normalized spacial score (nSPS) is 10.1. The van der Waals surface area contributed by atoms with Gasteiger partial charge in [0.2, 0.25) is 0 Å². The van der Waals surface area contributed by atoms with Crippen LogP contribution in [-0.4, -0.2) is 16.1 Å². The summed E-state index contributed by atoms with van der Waals surface area (Å²) in [6.45, 7) is 0. The van der Waals surface area contributed by atoms with E-state index < -0.39 is 5.91 Å². The smallest absolute Gasteiger partial charge is 0.254 e. The van der Waals surface area contributed by atoms with Crippen molar-refractivity contribution in [2.24, 2.45) is 5.73 Å². The van der Waals surface area contributed by atoms with Gasteiger partial charge in [-0.25, -0.2) is 0 Å². The van der Waals surface area contributed by atoms with Crippen molar-refractivity contribution in [3.63, 3.8) is 0 Å². The first-order valence-corrected chi connectivity index (χ1v) is 5.32. The number of halogens is 1. The number of carbonyl (C=O) groups excluding carboxylic acids is 1. The van der Waals surface area contributed by atoms with E-state index in [4.69, 9.17) is 5.73 Å². The summed E-state index contributed by atoms with van der Waals surface area (Å²) in [4.78, 5) is 11.0. The lowest BCUT2D eigenvalue weighted by atomic mass is 10.3. The fourth-order valence-electron chi connectivity index (χ4n) is 1.24. The molecule has 0 aliphatic carbocycles. The molecule has 4 N–H and O–H groups in total. The number of hydrogen-bond acceptors (Lipinski definition) is 3. The SMILES string of the molecule is NC(=O)c1c[nH]nc1Nc1ccc(Br)cc1. The third-order valence-electron chi connectivity index (χ3n) is 2.01. The molecule has 6 heteroatoms. The maximum absolute atomic E-state index is 11.0. The molecule has 1 amide bonds. The van der Waals surface area contributed by atoms with E-state index in [9.17, 15) is 4.79 Å². The first kappa shape index (κ1) is 10.7. The molecule has 0 saturated heterocycles. The maximum atomic E-state index is 11.0. The summed E-state index contributed by atoms with van der Waals surface area (Å²) in [5.74, 6) is -0.0943. The maximum Gasteiger partial charge on any atom is 0.254 e. The van der Waals surface area contributed by atoms with Gasteiger partial charge in [-0.15, -0.1) is 0 Å². The second kappa shape index (κ2) is 4.36. The highest BCUT2D eigenvalue weighted by molar-refractivity contribution is 9.10. The number of benzene rings is 1. The number of carbonyl (C=O) groups is 1. The minimum absolute atomic E-state index is 0.336. The van der Waals surface area contributed by atoms with E-state index in [0.717, 1.165) is 10.2 Å². The Hall–Kier alpha value is -1.82. The summed E-state index contributed by atoms with van der Waals surface area (Å²) in [7, 11) is 0. The van der Waals surface area contributed by atoms with Crippen LogP contribution in [0.3, 0.4) is 0 Å². The zero-order valence-corrected chi connectivity index (χ0v) is 9.78. The Morgan fingerprint density at radius 1 is 1.38 bits per heavy atom. The van der Waals surface area contributed by atoms with Gasteiger partial charge < -0.3 is 11.1 Å². The van der Waals surface area contributed by atoms with Gasteiger partial charge in [0.15, 0.2) is 5.82 Å². The number of H-pyrrole nitrogens is 1. The number of nitrogens with one attached hydrogen (secondary N) is 2. The van der Waals surface area contributed by atoms with Crippen LogP contribution in [0.5, 0.6) is 0 Å². The predicted octanol–water partition coefficient (Wildman–Crippen LogP) is 2.01. The summed E-state index contributed by atoms with van der Waals surface area (Å²) >= 11 is 3.34. The highest BCUT2D eigenvalue weighted by Crippen LogP contribution is 2.19. The summed E-state index contributed by atoms with van der Waals surface area (Å²) in [6.07, 6.45) is 1.46. The number of nitrogens with zero attached hydrogens (tertiary/aromatic N) is 1. The molecule has 0 bridgehead atoms. The third kappa shape index (κ3) is 2.22. The van der Waals surface area contributed by atoms with Crippen molar-refractivity contribution in [2.45, 2.75) is 0 Å². The lowest BCUT2D eigenvalue weighted by molar-refractivity contribution is 0.100. The molecule has 0 fully saturated rings. The van der Waals surface area contributed by atoms with Gasteiger partial charge in [0.1, 0.15) is 5.56 Å². The first-order valence-electron chi connectivity index (χ1n) is 4.53. The van der Waals surface area contributed by atoms with Gasteiger partial charge in [0, 0.05) is 16.4 Å². The molecule has 5 nitrogen and oxygen atoms in total. The molecular weight excluding hydrogens is 272 g/mol. The molecule has 82 valence electrons. The molecule has 1 aromatic carbocycles. The molecule has 0 spiro atoms. The van der Waals surface area contributed by atoms with E-state index in [2.05, 4.69) is 31.4 Å². The topological polar surface area (TPSA) is 83.8 Å². The molecule has 16 heavy (non-hydrogen) atoms. The van der Waals surface area contributed by atoms with Crippen LogP contribution in [0.4, 0.5) is 11.5 Å². The number of amides is 1. The number of anilines is 2. The molecule has 0 aliphatic rings. The van der Waals surface area contributed by atoms with Crippen LogP contribution in [0.25, 0.3) is 0 Å². The zero-order chi connectivity index (χ0) is 11.5. The van der Waals surface area contributed by atoms with E-state index in [1.807, 2.05) is 24.3 Å². The van der Waals surface area contributed by atoms with E-state index in [0.29, 0.717) is 11.4 Å². The summed E-state index contributed by atoms with van der Waals surface area (Å²) < 4.78 is 0.982. The van der Waals surface area contributed by atoms with Crippen LogP contribution in [0.1, 0.15) is 10.4 Å². The van der Waals surface area contributed by atoms with Crippen LogP contribution in [0, 0.1) is 0 Å². The fraction of sp³-hybridized carbons (Fsp3) is 0. The van der Waals surface area contributed by atoms with Crippen LogP contribution in [-0.2, 0) is 0 Å². The quantitative estimate of drug-likeness (QED) is 0.804. The first-order chi connectivity index (χ1) is 7.66. The minimum atomic E-state index is -0.520. The van der Waals surface area contributed by atoms with Crippen molar-refractivity contribution in [3.05, 3.63) is 40.5 Å². The van der Waals surface area contributed by atoms with Gasteiger partial charge in [-0.3, -0.25) is 9.89 Å². The number of aromatic nitrogens is 2. The van der Waals surface area contributed by atoms with Gasteiger partial charge in [-0.1, -0.05) is 15.9 Å². The van der Waals surface area contributed by atoms with Crippen LogP contribution >= 0.6 is 15.9 Å². The minimum Gasteiger partial charge on any atom is -0.365 e. The van der Waals surface area contributed by atoms with E-state index in [1.54, 1.807) is 0 Å². The van der Waals surface area contributed by atoms with Crippen molar-refractivity contribution < 1.29 is 4.79 Å². The van der Waals surface area contributed by atoms with Crippen LogP contribution < -0.4 is 11.1 Å². The number of hydrogen-bond donors (Lipinski definition) is 3. The highest BCUT2D eigenvalue weighted by atomic mass is 79.9. The van der Waals surface area contributed by atoms with E-state index >= 15 is 0 Å². The van der Waals surface area contributed by atoms with Crippen molar-refractivity contribution >= 4 is 33.3 Å². The molecule has 0 radical (unpaired) electrons. The Bertz CT molecular complexity index is 506. The Kier molecular flexibility index (Phi) is 2.91. The van der Waals surface area contributed by atoms with Gasteiger partial charge in [0.05, 0.1) is 0 Å². The van der Waals surface area contributed by atoms with Crippen molar-refractivity contribution in [1.29, 1.82) is 0 Å². The summed E-state index contributed by atoms with van der Waals surface area (Å²) in [5.41, 5.74) is 6.36. The molecule has 1 aromatic heterocycles. The monoisotopic (exact) mass is 280 g/mol. The van der Waals surface area contributed by atoms with Gasteiger partial charge in [-0.2, -0.15) is 5.10 Å². The number of nitrogens with two attached hydrogens (primary N) is 1. The van der Waals surface area contributed by atoms with Crippen LogP contribution in [0.2, 0.25) is 0 Å². The number of primary amides is 1. The fourth-order valence-corrected chi connectivity index (χ4v) is 1.51. The predicted molar refractivity (Wildman–Crippen MR) is 64.5 cm³/mol. The van der Waals surface area contributed by atoms with E-state index in [1.165, 1.54) is 6.20 Å². The van der Waals surface area contributed by atoms with Crippen molar-refractivity contribution in [3.8, 4) is 0 Å². The van der Waals surface area contributed by atoms with E-state index in [-0.39, 0.29) is 0 Å². The summed E-state index contributed by atoms with van der Waals surface area (Å²) in [6, 6.07) is 7.50. The Morgan fingerprint density at radius 3 is 2.69 bits per heavy atom. The van der Waals surface area contributed by atoms with Crippen molar-refractivity contribution in [2.75, 3.05) is 5.32 Å². The molecule has 0 aliphatic heterocycles. The number of aromatic amines is 1. The average Bonchev–Trinajstić information content (AvgIpc) is 2.69. The molecule has 0 atom stereocenters. The second-order valence-electron chi connectivity index (χ2n) is 3.14. The summed E-state index contributed by atoms with van der Waals surface area (Å²) in [5, 5.41) is 9.49. The standard InChI is InChI=1S/C10H9BrN4O/c11-6-1-3-7(4-2-6)14-10-8(9(12)16)5-13-15-10/h1-5H,(H2,12,16)(H2,13,14,15). The lowest BCUT2D eigenvalue weighted by Crippen LogP contribution is -2.11. The largest absolute Gasteiger partial charge is 0.365 e. The lowest BCUT2D eigenvalue weighted by Gasteiger charge is -2.04. The van der Waals surface area contributed by atoms with Gasteiger partial charge >= 0.3 is 0 Å². The zero-order valence-electron chi connectivity index (χ0n) is 8.20. The van der Waals surface area contributed by atoms with Gasteiger partial charge in [-0.05, 0) is 24.3 Å².